The van der Waals surface area contributed by atoms with Crippen molar-refractivity contribution in [3.8, 4) is 0 Å². The summed E-state index contributed by atoms with van der Waals surface area (Å²) in [5, 5.41) is 8.21. The second-order valence-corrected chi connectivity index (χ2v) is 6.44. The molecule has 2 N–H and O–H groups in total. The summed E-state index contributed by atoms with van der Waals surface area (Å²) in [4.78, 5) is 0. The van der Waals surface area contributed by atoms with Crippen LogP contribution < -0.4 is 10.6 Å². The zero-order chi connectivity index (χ0) is 14.4. The minimum Gasteiger partial charge on any atom is -0.360 e. The van der Waals surface area contributed by atoms with Gasteiger partial charge in [-0.1, -0.05) is 61.4 Å². The van der Waals surface area contributed by atoms with Crippen molar-refractivity contribution in [3.63, 3.8) is 0 Å². The van der Waals surface area contributed by atoms with Gasteiger partial charge in [-0.15, -0.1) is 0 Å². The van der Waals surface area contributed by atoms with Crippen LogP contribution in [0.4, 0.5) is 5.69 Å². The smallest absolute Gasteiger partial charge is 0.171 e. The second-order valence-electron chi connectivity index (χ2n) is 5.24. The maximum absolute atomic E-state index is 6.15. The third-order valence-electron chi connectivity index (χ3n) is 3.64. The molecule has 5 heteroatoms. The second kappa shape index (κ2) is 8.06. The van der Waals surface area contributed by atoms with E-state index < -0.39 is 0 Å². The molecule has 0 aliphatic heterocycles. The van der Waals surface area contributed by atoms with Gasteiger partial charge in [0.05, 0.1) is 15.7 Å². The van der Waals surface area contributed by atoms with E-state index >= 15 is 0 Å². The van der Waals surface area contributed by atoms with Crippen molar-refractivity contribution < 1.29 is 0 Å². The highest BCUT2D eigenvalue weighted by atomic mass is 35.5. The SMILES string of the molecule is S=C(Nc1cccc(Cl)c1Cl)NC1CCCCCCC1. The van der Waals surface area contributed by atoms with E-state index in [2.05, 4.69) is 10.6 Å². The van der Waals surface area contributed by atoms with Crippen molar-refractivity contribution in [2.24, 2.45) is 0 Å². The molecule has 110 valence electrons. The summed E-state index contributed by atoms with van der Waals surface area (Å²) in [6.07, 6.45) is 8.96. The van der Waals surface area contributed by atoms with Crippen molar-refractivity contribution in [2.75, 3.05) is 5.32 Å². The fourth-order valence-corrected chi connectivity index (χ4v) is 3.17. The monoisotopic (exact) mass is 330 g/mol. The summed E-state index contributed by atoms with van der Waals surface area (Å²) in [6.45, 7) is 0. The van der Waals surface area contributed by atoms with Crippen molar-refractivity contribution >= 4 is 46.2 Å². The van der Waals surface area contributed by atoms with Crippen LogP contribution in [0.5, 0.6) is 0 Å². The van der Waals surface area contributed by atoms with Gasteiger partial charge < -0.3 is 10.6 Å². The lowest BCUT2D eigenvalue weighted by molar-refractivity contribution is 0.430. The van der Waals surface area contributed by atoms with E-state index in [4.69, 9.17) is 35.4 Å². The molecular weight excluding hydrogens is 311 g/mol. The Labute approximate surface area is 136 Å². The van der Waals surface area contributed by atoms with Crippen LogP contribution in [0.15, 0.2) is 18.2 Å². The summed E-state index contributed by atoms with van der Waals surface area (Å²) in [7, 11) is 0. The average Bonchev–Trinajstić information content (AvgIpc) is 2.38. The molecule has 0 aromatic heterocycles. The Morgan fingerprint density at radius 2 is 1.70 bits per heavy atom. The quantitative estimate of drug-likeness (QED) is 0.710. The van der Waals surface area contributed by atoms with Gasteiger partial charge in [0.15, 0.2) is 5.11 Å². The fourth-order valence-electron chi connectivity index (χ4n) is 2.54. The van der Waals surface area contributed by atoms with Crippen LogP contribution in [0.2, 0.25) is 10.0 Å². The molecule has 1 aromatic carbocycles. The lowest BCUT2D eigenvalue weighted by Crippen LogP contribution is -2.38. The van der Waals surface area contributed by atoms with Gasteiger partial charge in [0.25, 0.3) is 0 Å². The highest BCUT2D eigenvalue weighted by Crippen LogP contribution is 2.29. The van der Waals surface area contributed by atoms with Gasteiger partial charge in [0.2, 0.25) is 0 Å². The fraction of sp³-hybridized carbons (Fsp3) is 0.533. The summed E-state index contributed by atoms with van der Waals surface area (Å²) in [5.74, 6) is 0. The van der Waals surface area contributed by atoms with Crippen LogP contribution >= 0.6 is 35.4 Å². The molecule has 0 spiro atoms. The standard InChI is InChI=1S/C15H20Cl2N2S/c16-12-9-6-10-13(14(12)17)19-15(20)18-11-7-4-2-1-3-5-8-11/h6,9-11H,1-5,7-8H2,(H2,18,19,20). The average molecular weight is 331 g/mol. The normalized spacial score (nSPS) is 17.1. The molecule has 0 atom stereocenters. The Morgan fingerprint density at radius 3 is 2.40 bits per heavy atom. The summed E-state index contributed by atoms with van der Waals surface area (Å²) in [6, 6.07) is 5.96. The first-order valence-electron chi connectivity index (χ1n) is 7.18. The van der Waals surface area contributed by atoms with E-state index in [1.165, 1.54) is 44.9 Å². The van der Waals surface area contributed by atoms with E-state index in [-0.39, 0.29) is 0 Å². The van der Waals surface area contributed by atoms with Crippen LogP contribution in [0.1, 0.15) is 44.9 Å². The number of benzene rings is 1. The minimum absolute atomic E-state index is 0.466. The van der Waals surface area contributed by atoms with Gasteiger partial charge in [-0.05, 0) is 37.2 Å². The molecule has 20 heavy (non-hydrogen) atoms. The maximum Gasteiger partial charge on any atom is 0.171 e. The van der Waals surface area contributed by atoms with E-state index in [1.54, 1.807) is 6.07 Å². The zero-order valence-electron chi connectivity index (χ0n) is 11.4. The number of anilines is 1. The van der Waals surface area contributed by atoms with Gasteiger partial charge >= 0.3 is 0 Å². The predicted octanol–water partition coefficient (Wildman–Crippen LogP) is 5.39. The van der Waals surface area contributed by atoms with Crippen LogP contribution in [-0.4, -0.2) is 11.2 Å². The summed E-state index contributed by atoms with van der Waals surface area (Å²) < 4.78 is 0. The molecule has 0 bridgehead atoms. The first-order chi connectivity index (χ1) is 9.66. The zero-order valence-corrected chi connectivity index (χ0v) is 13.8. The molecule has 1 aliphatic rings. The lowest BCUT2D eigenvalue weighted by Gasteiger charge is -2.23. The third kappa shape index (κ3) is 4.80. The van der Waals surface area contributed by atoms with Gasteiger partial charge in [0, 0.05) is 6.04 Å². The van der Waals surface area contributed by atoms with Gasteiger partial charge in [0.1, 0.15) is 0 Å². The Hall–Kier alpha value is -0.510. The van der Waals surface area contributed by atoms with Crippen molar-refractivity contribution in [2.45, 2.75) is 51.0 Å². The van der Waals surface area contributed by atoms with Crippen LogP contribution in [0.3, 0.4) is 0 Å². The Balaban J connectivity index is 1.89. The molecule has 1 fully saturated rings. The molecule has 2 nitrogen and oxygen atoms in total. The molecule has 0 unspecified atom stereocenters. The summed E-state index contributed by atoms with van der Waals surface area (Å²) in [5.41, 5.74) is 0.752. The van der Waals surface area contributed by atoms with E-state index in [1.807, 2.05) is 12.1 Å². The maximum atomic E-state index is 6.15. The van der Waals surface area contributed by atoms with Crippen molar-refractivity contribution in [1.82, 2.24) is 5.32 Å². The Bertz CT molecular complexity index is 457. The number of hydrogen-bond acceptors (Lipinski definition) is 1. The molecule has 2 rings (SSSR count). The minimum atomic E-state index is 0.466. The molecule has 1 aliphatic carbocycles. The molecule has 0 saturated heterocycles. The predicted molar refractivity (Wildman–Crippen MR) is 91.9 cm³/mol. The molecule has 1 aromatic rings. The molecular formula is C15H20Cl2N2S. The lowest BCUT2D eigenvalue weighted by atomic mass is 9.97. The number of hydrogen-bond donors (Lipinski definition) is 2. The highest BCUT2D eigenvalue weighted by molar-refractivity contribution is 7.80. The summed E-state index contributed by atoms with van der Waals surface area (Å²) >= 11 is 17.5. The van der Waals surface area contributed by atoms with Gasteiger partial charge in [-0.3, -0.25) is 0 Å². The topological polar surface area (TPSA) is 24.1 Å². The highest BCUT2D eigenvalue weighted by Gasteiger charge is 2.13. The molecule has 0 heterocycles. The van der Waals surface area contributed by atoms with Crippen LogP contribution in [-0.2, 0) is 0 Å². The van der Waals surface area contributed by atoms with Crippen molar-refractivity contribution in [3.05, 3.63) is 28.2 Å². The van der Waals surface area contributed by atoms with Crippen LogP contribution in [0, 0.1) is 0 Å². The number of halogens is 2. The molecule has 1 saturated carbocycles. The molecule has 0 amide bonds. The first kappa shape index (κ1) is 15.9. The largest absolute Gasteiger partial charge is 0.360 e. The van der Waals surface area contributed by atoms with Crippen LogP contribution in [0.25, 0.3) is 0 Å². The van der Waals surface area contributed by atoms with Gasteiger partial charge in [-0.25, -0.2) is 0 Å². The Kier molecular flexibility index (Phi) is 6.40. The molecule has 0 radical (unpaired) electrons. The number of rotatable bonds is 2. The first-order valence-corrected chi connectivity index (χ1v) is 8.35. The van der Waals surface area contributed by atoms with E-state index in [0.29, 0.717) is 21.2 Å². The Morgan fingerprint density at radius 1 is 1.05 bits per heavy atom. The van der Waals surface area contributed by atoms with Crippen molar-refractivity contribution in [1.29, 1.82) is 0 Å². The van der Waals surface area contributed by atoms with Gasteiger partial charge in [-0.2, -0.15) is 0 Å². The van der Waals surface area contributed by atoms with E-state index in [9.17, 15) is 0 Å². The number of nitrogens with one attached hydrogen (secondary N) is 2. The van der Waals surface area contributed by atoms with E-state index in [0.717, 1.165) is 5.69 Å². The third-order valence-corrected chi connectivity index (χ3v) is 4.68. The number of thiocarbonyl (C=S) groups is 1.